The quantitative estimate of drug-likeness (QED) is 0.655. The monoisotopic (exact) mass is 225 g/mol. The molecule has 0 spiro atoms. The Hall–Kier alpha value is -1.10. The largest absolute Gasteiger partial charge is 0.467 e. The number of rotatable bonds is 8. The van der Waals surface area contributed by atoms with E-state index < -0.39 is 6.10 Å². The fourth-order valence-electron chi connectivity index (χ4n) is 1.20. The highest BCUT2D eigenvalue weighted by Gasteiger charge is 2.04. The van der Waals surface area contributed by atoms with Crippen molar-refractivity contribution in [3.05, 3.63) is 36.3 Å². The summed E-state index contributed by atoms with van der Waals surface area (Å²) in [5.41, 5.74) is 1.05. The number of ether oxygens (including phenoxy) is 1. The molecule has 0 aliphatic heterocycles. The zero-order chi connectivity index (χ0) is 11.8. The molecule has 0 saturated heterocycles. The summed E-state index contributed by atoms with van der Waals surface area (Å²) in [4.78, 5) is 0. The van der Waals surface area contributed by atoms with Crippen molar-refractivity contribution < 1.29 is 14.3 Å². The van der Waals surface area contributed by atoms with Crippen LogP contribution in [0.1, 0.15) is 12.7 Å². The molecule has 1 atom stereocenters. The summed E-state index contributed by atoms with van der Waals surface area (Å²) in [5, 5.41) is 12.6. The highest BCUT2D eigenvalue weighted by Crippen LogP contribution is 2.01. The van der Waals surface area contributed by atoms with Crippen LogP contribution in [-0.2, 0) is 11.3 Å². The van der Waals surface area contributed by atoms with Crippen LogP contribution in [0.2, 0.25) is 0 Å². The second kappa shape index (κ2) is 7.22. The summed E-state index contributed by atoms with van der Waals surface area (Å²) in [7, 11) is 0. The van der Waals surface area contributed by atoms with Crippen molar-refractivity contribution in [3.8, 4) is 0 Å². The van der Waals surface area contributed by atoms with Crippen LogP contribution in [0.25, 0.3) is 0 Å². The standard InChI is InChI=1S/C12H19NO3/c1-10(2)6-13-7-11(14)8-15-9-12-4-3-5-16-12/h3-5,11,13-14H,1,6-9H2,2H3. The predicted molar refractivity (Wildman–Crippen MR) is 62.1 cm³/mol. The van der Waals surface area contributed by atoms with Gasteiger partial charge in [-0.05, 0) is 19.1 Å². The van der Waals surface area contributed by atoms with Gasteiger partial charge in [-0.15, -0.1) is 0 Å². The van der Waals surface area contributed by atoms with Crippen LogP contribution in [0.15, 0.2) is 35.0 Å². The van der Waals surface area contributed by atoms with Gasteiger partial charge < -0.3 is 19.6 Å². The SMILES string of the molecule is C=C(C)CNCC(O)COCc1ccco1. The lowest BCUT2D eigenvalue weighted by molar-refractivity contribution is 0.0230. The molecule has 2 N–H and O–H groups in total. The van der Waals surface area contributed by atoms with Gasteiger partial charge in [0.1, 0.15) is 12.4 Å². The lowest BCUT2D eigenvalue weighted by Gasteiger charge is -2.11. The van der Waals surface area contributed by atoms with E-state index in [9.17, 15) is 5.11 Å². The highest BCUT2D eigenvalue weighted by molar-refractivity contribution is 4.96. The average molecular weight is 225 g/mol. The maximum atomic E-state index is 9.54. The van der Waals surface area contributed by atoms with E-state index in [-0.39, 0.29) is 0 Å². The molecule has 4 heteroatoms. The Balaban J connectivity index is 2.02. The molecule has 0 bridgehead atoms. The molecule has 4 nitrogen and oxygen atoms in total. The van der Waals surface area contributed by atoms with E-state index in [1.165, 1.54) is 0 Å². The van der Waals surface area contributed by atoms with Gasteiger partial charge in [0.05, 0.1) is 19.0 Å². The van der Waals surface area contributed by atoms with E-state index >= 15 is 0 Å². The van der Waals surface area contributed by atoms with Gasteiger partial charge in [-0.25, -0.2) is 0 Å². The number of hydrogen-bond acceptors (Lipinski definition) is 4. The molecule has 0 radical (unpaired) electrons. The van der Waals surface area contributed by atoms with Crippen LogP contribution in [-0.4, -0.2) is 30.9 Å². The van der Waals surface area contributed by atoms with Crippen molar-refractivity contribution in [3.63, 3.8) is 0 Å². The molecular weight excluding hydrogens is 206 g/mol. The molecule has 90 valence electrons. The summed E-state index contributed by atoms with van der Waals surface area (Å²) in [6.07, 6.45) is 1.10. The third-order valence-corrected chi connectivity index (χ3v) is 1.94. The first kappa shape index (κ1) is 13.0. The fraction of sp³-hybridized carbons (Fsp3) is 0.500. The van der Waals surface area contributed by atoms with Crippen LogP contribution in [0.5, 0.6) is 0 Å². The van der Waals surface area contributed by atoms with E-state index in [1.807, 2.05) is 19.1 Å². The highest BCUT2D eigenvalue weighted by atomic mass is 16.5. The van der Waals surface area contributed by atoms with E-state index in [1.54, 1.807) is 6.26 Å². The van der Waals surface area contributed by atoms with Crippen molar-refractivity contribution in [2.75, 3.05) is 19.7 Å². The lowest BCUT2D eigenvalue weighted by Crippen LogP contribution is -2.31. The van der Waals surface area contributed by atoms with Gasteiger partial charge in [-0.2, -0.15) is 0 Å². The van der Waals surface area contributed by atoms with Crippen LogP contribution < -0.4 is 5.32 Å². The second-order valence-electron chi connectivity index (χ2n) is 3.84. The Morgan fingerprint density at radius 2 is 2.50 bits per heavy atom. The minimum absolute atomic E-state index is 0.296. The minimum atomic E-state index is -0.505. The lowest BCUT2D eigenvalue weighted by atomic mass is 10.3. The van der Waals surface area contributed by atoms with E-state index in [2.05, 4.69) is 11.9 Å². The first-order valence-electron chi connectivity index (χ1n) is 5.31. The summed E-state index contributed by atoms with van der Waals surface area (Å²) in [6.45, 7) is 7.61. The summed E-state index contributed by atoms with van der Waals surface area (Å²) in [5.74, 6) is 0.766. The molecule has 0 aliphatic carbocycles. The zero-order valence-electron chi connectivity index (χ0n) is 9.61. The summed E-state index contributed by atoms with van der Waals surface area (Å²) < 4.78 is 10.4. The van der Waals surface area contributed by atoms with Crippen LogP contribution in [0.3, 0.4) is 0 Å². The number of furan rings is 1. The molecule has 1 aromatic rings. The van der Waals surface area contributed by atoms with Crippen molar-refractivity contribution >= 4 is 0 Å². The van der Waals surface area contributed by atoms with E-state index in [0.717, 1.165) is 17.9 Å². The minimum Gasteiger partial charge on any atom is -0.467 e. The fourth-order valence-corrected chi connectivity index (χ4v) is 1.20. The van der Waals surface area contributed by atoms with Crippen LogP contribution >= 0.6 is 0 Å². The Labute approximate surface area is 95.9 Å². The molecule has 1 aromatic heterocycles. The molecule has 1 rings (SSSR count). The normalized spacial score (nSPS) is 12.6. The van der Waals surface area contributed by atoms with Gasteiger partial charge in [-0.1, -0.05) is 12.2 Å². The van der Waals surface area contributed by atoms with Crippen LogP contribution in [0.4, 0.5) is 0 Å². The second-order valence-corrected chi connectivity index (χ2v) is 3.84. The maximum Gasteiger partial charge on any atom is 0.129 e. The summed E-state index contributed by atoms with van der Waals surface area (Å²) in [6, 6.07) is 3.65. The van der Waals surface area contributed by atoms with Gasteiger partial charge in [0.15, 0.2) is 0 Å². The van der Waals surface area contributed by atoms with E-state index in [4.69, 9.17) is 9.15 Å². The molecule has 0 amide bonds. The predicted octanol–water partition coefficient (Wildman–Crippen LogP) is 1.32. The average Bonchev–Trinajstić information content (AvgIpc) is 2.70. The molecule has 0 saturated carbocycles. The van der Waals surface area contributed by atoms with Gasteiger partial charge in [0.25, 0.3) is 0 Å². The number of aliphatic hydroxyl groups excluding tert-OH is 1. The van der Waals surface area contributed by atoms with Gasteiger partial charge in [0.2, 0.25) is 0 Å². The number of nitrogens with one attached hydrogen (secondary N) is 1. The molecule has 0 aromatic carbocycles. The third-order valence-electron chi connectivity index (χ3n) is 1.94. The molecule has 1 heterocycles. The van der Waals surface area contributed by atoms with Crippen molar-refractivity contribution in [1.82, 2.24) is 5.32 Å². The van der Waals surface area contributed by atoms with Crippen molar-refractivity contribution in [2.45, 2.75) is 19.6 Å². The summed E-state index contributed by atoms with van der Waals surface area (Å²) >= 11 is 0. The zero-order valence-corrected chi connectivity index (χ0v) is 9.61. The molecule has 1 unspecified atom stereocenters. The Bertz CT molecular complexity index is 295. The molecule has 16 heavy (non-hydrogen) atoms. The first-order chi connectivity index (χ1) is 7.68. The maximum absolute atomic E-state index is 9.54. The van der Waals surface area contributed by atoms with E-state index in [0.29, 0.717) is 19.8 Å². The van der Waals surface area contributed by atoms with Gasteiger partial charge in [0, 0.05) is 13.1 Å². The Morgan fingerprint density at radius 3 is 3.12 bits per heavy atom. The van der Waals surface area contributed by atoms with Crippen molar-refractivity contribution in [1.29, 1.82) is 0 Å². The van der Waals surface area contributed by atoms with Gasteiger partial charge >= 0.3 is 0 Å². The smallest absolute Gasteiger partial charge is 0.129 e. The Kier molecular flexibility index (Phi) is 5.85. The first-order valence-corrected chi connectivity index (χ1v) is 5.31. The van der Waals surface area contributed by atoms with Gasteiger partial charge in [-0.3, -0.25) is 0 Å². The molecular formula is C12H19NO3. The topological polar surface area (TPSA) is 54.6 Å². The van der Waals surface area contributed by atoms with Crippen LogP contribution in [0, 0.1) is 0 Å². The number of hydrogen-bond donors (Lipinski definition) is 2. The Morgan fingerprint density at radius 1 is 1.69 bits per heavy atom. The molecule has 0 fully saturated rings. The third kappa shape index (κ3) is 5.70. The van der Waals surface area contributed by atoms with Crippen molar-refractivity contribution in [2.24, 2.45) is 0 Å². The molecule has 0 aliphatic rings. The number of aliphatic hydroxyl groups is 1.